The Balaban J connectivity index is 1.63. The molecule has 6 nitrogen and oxygen atoms in total. The van der Waals surface area contributed by atoms with E-state index in [-0.39, 0.29) is 23.4 Å². The first-order valence-electron chi connectivity index (χ1n) is 12.0. The van der Waals surface area contributed by atoms with Crippen molar-refractivity contribution < 1.29 is 18.3 Å². The Bertz CT molecular complexity index is 1070. The summed E-state index contributed by atoms with van der Waals surface area (Å²) in [5.74, 6) is 3.25. The summed E-state index contributed by atoms with van der Waals surface area (Å²) in [6.45, 7) is 4.32. The molecule has 2 aromatic rings. The highest BCUT2D eigenvalue weighted by atomic mass is 32.2. The fourth-order valence-electron chi connectivity index (χ4n) is 4.68. The summed E-state index contributed by atoms with van der Waals surface area (Å²) < 4.78 is 35.1. The van der Waals surface area contributed by atoms with Gasteiger partial charge >= 0.3 is 0 Å². The van der Waals surface area contributed by atoms with Crippen molar-refractivity contribution in [1.29, 1.82) is 0 Å². The fraction of sp³-hybridized carbons (Fsp3) is 0.560. The lowest BCUT2D eigenvalue weighted by Crippen LogP contribution is -2.43. The molecule has 1 aromatic heterocycles. The molecule has 1 saturated heterocycles. The van der Waals surface area contributed by atoms with Gasteiger partial charge in [-0.3, -0.25) is 4.31 Å². The highest BCUT2D eigenvalue weighted by Gasteiger charge is 2.36. The van der Waals surface area contributed by atoms with E-state index in [0.29, 0.717) is 18.3 Å². The minimum Gasteiger partial charge on any atom is -0.491 e. The van der Waals surface area contributed by atoms with Crippen LogP contribution in [0.4, 0.5) is 5.69 Å². The zero-order valence-electron chi connectivity index (χ0n) is 19.5. The topological polar surface area (TPSA) is 79.7 Å². The molecule has 0 radical (unpaired) electrons. The molecule has 1 aromatic carbocycles. The average Bonchev–Trinajstić information content (AvgIpc) is 2.86. The van der Waals surface area contributed by atoms with Crippen molar-refractivity contribution in [1.82, 2.24) is 4.98 Å². The Hall–Kier alpha value is -1.77. The summed E-state index contributed by atoms with van der Waals surface area (Å²) >= 11 is 1.97. The number of anilines is 1. The molecule has 0 aliphatic carbocycles. The van der Waals surface area contributed by atoms with Crippen LogP contribution >= 0.6 is 11.8 Å². The summed E-state index contributed by atoms with van der Waals surface area (Å²) in [6.07, 6.45) is 5.53. The number of ether oxygens (including phenoxy) is 1. The van der Waals surface area contributed by atoms with Crippen molar-refractivity contribution in [2.45, 2.75) is 70.0 Å². The Morgan fingerprint density at radius 2 is 1.94 bits per heavy atom. The van der Waals surface area contributed by atoms with Gasteiger partial charge in [0.25, 0.3) is 10.0 Å². The van der Waals surface area contributed by atoms with E-state index in [1.807, 2.05) is 30.8 Å². The van der Waals surface area contributed by atoms with Gasteiger partial charge in [0.15, 0.2) is 5.03 Å². The second kappa shape index (κ2) is 10.7. The molecule has 1 atom stereocenters. The van der Waals surface area contributed by atoms with E-state index < -0.39 is 10.0 Å². The van der Waals surface area contributed by atoms with Gasteiger partial charge in [-0.1, -0.05) is 26.0 Å². The molecule has 0 saturated carbocycles. The maximum Gasteiger partial charge on any atom is 0.282 e. The molecule has 4 rings (SSSR count). The van der Waals surface area contributed by atoms with Crippen LogP contribution in [0.3, 0.4) is 0 Å². The number of fused-ring (bicyclic) bond motifs is 1. The Morgan fingerprint density at radius 3 is 2.64 bits per heavy atom. The normalized spacial score (nSPS) is 19.4. The second-order valence-electron chi connectivity index (χ2n) is 8.84. The predicted molar refractivity (Wildman–Crippen MR) is 134 cm³/mol. The van der Waals surface area contributed by atoms with E-state index in [9.17, 15) is 13.5 Å². The minimum atomic E-state index is -3.89. The van der Waals surface area contributed by atoms with Crippen LogP contribution in [0.2, 0.25) is 0 Å². The van der Waals surface area contributed by atoms with E-state index in [0.717, 1.165) is 61.3 Å². The number of thioether (sulfide) groups is 1. The first-order chi connectivity index (χ1) is 16.0. The van der Waals surface area contributed by atoms with Gasteiger partial charge in [-0.05, 0) is 85.3 Å². The molecule has 0 spiro atoms. The Labute approximate surface area is 201 Å². The van der Waals surface area contributed by atoms with Gasteiger partial charge < -0.3 is 9.84 Å². The van der Waals surface area contributed by atoms with Crippen LogP contribution < -0.4 is 9.04 Å². The van der Waals surface area contributed by atoms with E-state index in [4.69, 9.17) is 4.74 Å². The van der Waals surface area contributed by atoms with Gasteiger partial charge in [0.2, 0.25) is 0 Å². The first-order valence-corrected chi connectivity index (χ1v) is 14.5. The molecule has 2 aliphatic heterocycles. The standard InChI is InChI=1S/C25H34N2O4S2/c1-3-18-5-8-23-20(15-18)6-7-21(4-2)27(23)33(29,30)25-10-9-24(22(16-28)26-25)31-17-19-11-13-32-14-12-19/h5,8-10,15,19,21,28H,3-4,6-7,11-14,16-17H2,1-2H3. The van der Waals surface area contributed by atoms with Gasteiger partial charge in [-0.15, -0.1) is 0 Å². The molecule has 1 fully saturated rings. The molecule has 2 aliphatic rings. The molecule has 0 amide bonds. The first kappa shape index (κ1) is 24.4. The number of rotatable bonds is 8. The van der Waals surface area contributed by atoms with Crippen LogP contribution in [0.25, 0.3) is 0 Å². The maximum atomic E-state index is 13.8. The summed E-state index contributed by atoms with van der Waals surface area (Å²) in [4.78, 5) is 4.37. The van der Waals surface area contributed by atoms with Gasteiger partial charge in [-0.2, -0.15) is 20.2 Å². The predicted octanol–water partition coefficient (Wildman–Crippen LogP) is 4.58. The number of pyridine rings is 1. The zero-order chi connectivity index (χ0) is 23.4. The number of nitrogens with zero attached hydrogens (tertiary/aromatic N) is 2. The van der Waals surface area contributed by atoms with Crippen LogP contribution in [0.1, 0.15) is 56.4 Å². The number of aliphatic hydroxyl groups excluding tert-OH is 1. The summed E-state index contributed by atoms with van der Waals surface area (Å²) in [5.41, 5.74) is 3.29. The van der Waals surface area contributed by atoms with E-state index in [1.54, 1.807) is 10.4 Å². The van der Waals surface area contributed by atoms with Crippen molar-refractivity contribution in [2.24, 2.45) is 5.92 Å². The molecule has 33 heavy (non-hydrogen) atoms. The molecule has 0 bridgehead atoms. The second-order valence-corrected chi connectivity index (χ2v) is 11.8. The van der Waals surface area contributed by atoms with E-state index in [1.165, 1.54) is 11.6 Å². The van der Waals surface area contributed by atoms with Gasteiger partial charge in [0.1, 0.15) is 11.4 Å². The Kier molecular flexibility index (Phi) is 7.87. The van der Waals surface area contributed by atoms with Crippen molar-refractivity contribution in [3.05, 3.63) is 47.2 Å². The van der Waals surface area contributed by atoms with Gasteiger partial charge in [0, 0.05) is 6.04 Å². The fourth-order valence-corrected chi connectivity index (χ4v) is 7.64. The quantitative estimate of drug-likeness (QED) is 0.584. The van der Waals surface area contributed by atoms with Crippen LogP contribution in [0.15, 0.2) is 35.4 Å². The average molecular weight is 491 g/mol. The smallest absolute Gasteiger partial charge is 0.282 e. The monoisotopic (exact) mass is 490 g/mol. The zero-order valence-corrected chi connectivity index (χ0v) is 21.1. The number of hydrogen-bond donors (Lipinski definition) is 1. The van der Waals surface area contributed by atoms with Crippen LogP contribution in [0, 0.1) is 5.92 Å². The van der Waals surface area contributed by atoms with Crippen LogP contribution in [-0.2, 0) is 29.5 Å². The molecule has 180 valence electrons. The molecule has 1 unspecified atom stereocenters. The number of benzene rings is 1. The van der Waals surface area contributed by atoms with E-state index >= 15 is 0 Å². The number of hydrogen-bond acceptors (Lipinski definition) is 6. The number of aliphatic hydroxyl groups is 1. The third-order valence-corrected chi connectivity index (χ3v) is 9.55. The van der Waals surface area contributed by atoms with Gasteiger partial charge in [0.05, 0.1) is 18.9 Å². The molecule has 8 heteroatoms. The number of aromatic nitrogens is 1. The summed E-state index contributed by atoms with van der Waals surface area (Å²) in [7, 11) is -3.89. The minimum absolute atomic E-state index is 0.0427. The van der Waals surface area contributed by atoms with Crippen molar-refractivity contribution >= 4 is 27.5 Å². The van der Waals surface area contributed by atoms with Crippen molar-refractivity contribution in [3.8, 4) is 5.75 Å². The van der Waals surface area contributed by atoms with E-state index in [2.05, 4.69) is 18.0 Å². The highest BCUT2D eigenvalue weighted by Crippen LogP contribution is 2.37. The lowest BCUT2D eigenvalue weighted by atomic mass is 9.94. The number of sulfonamides is 1. The molecule has 3 heterocycles. The third-order valence-electron chi connectivity index (χ3n) is 6.73. The molecular weight excluding hydrogens is 456 g/mol. The summed E-state index contributed by atoms with van der Waals surface area (Å²) in [6, 6.07) is 9.11. The largest absolute Gasteiger partial charge is 0.491 e. The lowest BCUT2D eigenvalue weighted by molar-refractivity contribution is 0.222. The summed E-state index contributed by atoms with van der Waals surface area (Å²) in [5, 5.41) is 9.87. The van der Waals surface area contributed by atoms with Crippen LogP contribution in [-0.4, -0.2) is 42.7 Å². The molecular formula is C25H34N2O4S2. The third kappa shape index (κ3) is 5.17. The lowest BCUT2D eigenvalue weighted by Gasteiger charge is -2.37. The maximum absolute atomic E-state index is 13.8. The SMILES string of the molecule is CCc1ccc2c(c1)CCC(CC)N2S(=O)(=O)c1ccc(OCC2CCSCC2)c(CO)n1. The van der Waals surface area contributed by atoms with Crippen LogP contribution in [0.5, 0.6) is 5.75 Å². The Morgan fingerprint density at radius 1 is 1.15 bits per heavy atom. The number of aryl methyl sites for hydroxylation is 2. The highest BCUT2D eigenvalue weighted by molar-refractivity contribution is 7.99. The molecule has 1 N–H and O–H groups in total. The van der Waals surface area contributed by atoms with Crippen molar-refractivity contribution in [2.75, 3.05) is 22.4 Å². The van der Waals surface area contributed by atoms with Gasteiger partial charge in [-0.25, -0.2) is 4.98 Å². The van der Waals surface area contributed by atoms with Crippen molar-refractivity contribution in [3.63, 3.8) is 0 Å².